The average molecular weight is 718 g/mol. The second-order valence-electron chi connectivity index (χ2n) is 11.0. The molecule has 266 valence electrons. The summed E-state index contributed by atoms with van der Waals surface area (Å²) in [4.78, 5) is 35.7. The van der Waals surface area contributed by atoms with Gasteiger partial charge in [-0.1, -0.05) is 51.2 Å². The molecule has 0 atom stereocenters. The van der Waals surface area contributed by atoms with Crippen molar-refractivity contribution < 1.29 is 41.1 Å². The van der Waals surface area contributed by atoms with Crippen LogP contribution in [-0.2, 0) is 34.4 Å². The predicted octanol–water partition coefficient (Wildman–Crippen LogP) is 4.14. The molecule has 0 aliphatic rings. The number of anilines is 3. The smallest absolute Gasteiger partial charge is 0.338 e. The molecule has 0 spiro atoms. The Bertz CT molecular complexity index is 1770. The van der Waals surface area contributed by atoms with Crippen LogP contribution in [-0.4, -0.2) is 59.5 Å². The standard InChI is InChI=1S/C33H43N5O9S2/c1-2-3-4-5-6-7-21-47-33(42)25-11-8-13-29(22-25)48(43,44)38-28-12-9-14-30(23-28)49(45,46)37-27-17-15-26(16-18-27)35-36-32(41)24-31(40)34-19-10-20-39/h8-9,11-18,22-23,35,37-39H,2-7,10,19-21,24H2,1H3,(H,34,40)(H,36,41). The molecule has 3 aromatic rings. The summed E-state index contributed by atoms with van der Waals surface area (Å²) in [7, 11) is -8.35. The second-order valence-corrected chi connectivity index (χ2v) is 14.4. The molecule has 0 unspecified atom stereocenters. The molecule has 0 aromatic heterocycles. The van der Waals surface area contributed by atoms with Crippen molar-refractivity contribution in [1.29, 1.82) is 0 Å². The molecule has 2 amide bonds. The van der Waals surface area contributed by atoms with E-state index in [9.17, 15) is 31.2 Å². The van der Waals surface area contributed by atoms with Crippen molar-refractivity contribution in [3.8, 4) is 0 Å². The Hall–Kier alpha value is -4.67. The van der Waals surface area contributed by atoms with E-state index in [2.05, 4.69) is 32.5 Å². The third-order valence-electron chi connectivity index (χ3n) is 6.97. The molecule has 16 heteroatoms. The highest BCUT2D eigenvalue weighted by molar-refractivity contribution is 7.93. The van der Waals surface area contributed by atoms with E-state index >= 15 is 0 Å². The van der Waals surface area contributed by atoms with E-state index < -0.39 is 44.3 Å². The highest BCUT2D eigenvalue weighted by atomic mass is 32.2. The number of aliphatic hydroxyl groups is 1. The minimum absolute atomic E-state index is 0.0173. The number of carbonyl (C=O) groups is 3. The number of ether oxygens (including phenoxy) is 1. The van der Waals surface area contributed by atoms with Crippen LogP contribution >= 0.6 is 0 Å². The molecule has 49 heavy (non-hydrogen) atoms. The predicted molar refractivity (Wildman–Crippen MR) is 186 cm³/mol. The van der Waals surface area contributed by atoms with Crippen molar-refractivity contribution in [2.75, 3.05) is 34.6 Å². The number of unbranched alkanes of at least 4 members (excludes halogenated alkanes) is 5. The van der Waals surface area contributed by atoms with Crippen molar-refractivity contribution in [3.05, 3.63) is 78.4 Å². The van der Waals surface area contributed by atoms with Crippen LogP contribution in [0.5, 0.6) is 0 Å². The first kappa shape index (κ1) is 38.8. The first-order chi connectivity index (χ1) is 23.4. The van der Waals surface area contributed by atoms with Gasteiger partial charge in [-0.05, 0) is 73.5 Å². The van der Waals surface area contributed by atoms with Gasteiger partial charge < -0.3 is 15.2 Å². The third kappa shape index (κ3) is 13.4. The van der Waals surface area contributed by atoms with E-state index in [4.69, 9.17) is 9.84 Å². The van der Waals surface area contributed by atoms with Crippen LogP contribution < -0.4 is 25.6 Å². The topological polar surface area (TPSA) is 209 Å². The van der Waals surface area contributed by atoms with Gasteiger partial charge in [0.25, 0.3) is 20.0 Å². The molecule has 0 bridgehead atoms. The number of hydrazine groups is 1. The van der Waals surface area contributed by atoms with Gasteiger partial charge in [0.15, 0.2) is 0 Å². The first-order valence-corrected chi connectivity index (χ1v) is 18.9. The van der Waals surface area contributed by atoms with E-state index in [0.29, 0.717) is 12.1 Å². The molecular weight excluding hydrogens is 675 g/mol. The fraction of sp³-hybridized carbons (Fsp3) is 0.364. The number of hydrogen-bond acceptors (Lipinski definition) is 10. The molecule has 0 aliphatic carbocycles. The van der Waals surface area contributed by atoms with E-state index in [1.807, 2.05) is 0 Å². The van der Waals surface area contributed by atoms with Crippen molar-refractivity contribution in [2.24, 2.45) is 0 Å². The molecule has 3 aromatic carbocycles. The monoisotopic (exact) mass is 717 g/mol. The molecule has 0 aliphatic heterocycles. The largest absolute Gasteiger partial charge is 0.462 e. The number of carbonyl (C=O) groups excluding carboxylic acids is 3. The third-order valence-corrected chi connectivity index (χ3v) is 9.73. The number of sulfonamides is 2. The van der Waals surface area contributed by atoms with Crippen molar-refractivity contribution in [3.63, 3.8) is 0 Å². The van der Waals surface area contributed by atoms with Gasteiger partial charge >= 0.3 is 5.97 Å². The number of esters is 1. The Kier molecular flexibility index (Phi) is 15.3. The van der Waals surface area contributed by atoms with Crippen molar-refractivity contribution >= 4 is 54.9 Å². The zero-order valence-corrected chi connectivity index (χ0v) is 28.9. The lowest BCUT2D eigenvalue weighted by molar-refractivity contribution is -0.129. The summed E-state index contributed by atoms with van der Waals surface area (Å²) in [6.07, 6.45) is 6.13. The van der Waals surface area contributed by atoms with Crippen molar-refractivity contribution in [2.45, 2.75) is 68.1 Å². The lowest BCUT2D eigenvalue weighted by Gasteiger charge is -2.13. The fourth-order valence-corrected chi connectivity index (χ4v) is 6.60. The van der Waals surface area contributed by atoms with Crippen LogP contribution in [0.25, 0.3) is 0 Å². The van der Waals surface area contributed by atoms with E-state index in [1.165, 1.54) is 73.2 Å². The number of amides is 2. The van der Waals surface area contributed by atoms with Crippen LogP contribution in [0.3, 0.4) is 0 Å². The zero-order chi connectivity index (χ0) is 35.7. The highest BCUT2D eigenvalue weighted by Gasteiger charge is 2.20. The van der Waals surface area contributed by atoms with Crippen LogP contribution in [0.2, 0.25) is 0 Å². The van der Waals surface area contributed by atoms with Gasteiger partial charge in [-0.3, -0.25) is 29.9 Å². The summed E-state index contributed by atoms with van der Waals surface area (Å²) < 4.78 is 62.6. The number of benzene rings is 3. The summed E-state index contributed by atoms with van der Waals surface area (Å²) >= 11 is 0. The number of rotatable bonds is 21. The Morgan fingerprint density at radius 1 is 0.694 bits per heavy atom. The molecule has 0 radical (unpaired) electrons. The fourth-order valence-electron chi connectivity index (χ4n) is 4.40. The summed E-state index contributed by atoms with van der Waals surface area (Å²) in [5.41, 5.74) is 5.64. The Morgan fingerprint density at radius 2 is 1.31 bits per heavy atom. The van der Waals surface area contributed by atoms with Gasteiger partial charge in [-0.2, -0.15) is 0 Å². The Balaban J connectivity index is 1.56. The van der Waals surface area contributed by atoms with Crippen LogP contribution in [0.4, 0.5) is 17.1 Å². The van der Waals surface area contributed by atoms with E-state index in [0.717, 1.165) is 38.2 Å². The van der Waals surface area contributed by atoms with Gasteiger partial charge in [0.1, 0.15) is 6.42 Å². The Morgan fingerprint density at radius 3 is 2.00 bits per heavy atom. The molecule has 0 heterocycles. The summed E-state index contributed by atoms with van der Waals surface area (Å²) in [6.45, 7) is 2.55. The molecule has 6 N–H and O–H groups in total. The van der Waals surface area contributed by atoms with Gasteiger partial charge in [0, 0.05) is 18.8 Å². The van der Waals surface area contributed by atoms with E-state index in [-0.39, 0.29) is 46.5 Å². The van der Waals surface area contributed by atoms with Gasteiger partial charge in [-0.15, -0.1) is 0 Å². The maximum absolute atomic E-state index is 13.2. The van der Waals surface area contributed by atoms with E-state index in [1.54, 1.807) is 0 Å². The summed E-state index contributed by atoms with van der Waals surface area (Å²) in [6, 6.07) is 16.5. The molecule has 0 saturated carbocycles. The lowest BCUT2D eigenvalue weighted by atomic mass is 10.1. The number of nitrogens with one attached hydrogen (secondary N) is 5. The van der Waals surface area contributed by atoms with Gasteiger partial charge in [0.2, 0.25) is 11.8 Å². The second kappa shape index (κ2) is 19.4. The normalized spacial score (nSPS) is 11.3. The molecule has 14 nitrogen and oxygen atoms in total. The van der Waals surface area contributed by atoms with Gasteiger partial charge in [0.05, 0.1) is 33.3 Å². The quantitative estimate of drug-likeness (QED) is 0.0402. The molecule has 0 saturated heterocycles. The minimum Gasteiger partial charge on any atom is -0.462 e. The summed E-state index contributed by atoms with van der Waals surface area (Å²) in [5.74, 6) is -1.73. The first-order valence-electron chi connectivity index (χ1n) is 15.9. The van der Waals surface area contributed by atoms with Crippen LogP contribution in [0.15, 0.2) is 82.6 Å². The van der Waals surface area contributed by atoms with Crippen molar-refractivity contribution in [1.82, 2.24) is 10.7 Å². The molecule has 0 fully saturated rings. The zero-order valence-electron chi connectivity index (χ0n) is 27.2. The number of hydrogen-bond donors (Lipinski definition) is 6. The summed E-state index contributed by atoms with van der Waals surface area (Å²) in [5, 5.41) is 11.2. The lowest BCUT2D eigenvalue weighted by Crippen LogP contribution is -2.35. The molecule has 3 rings (SSSR count). The molecular formula is C33H43N5O9S2. The maximum Gasteiger partial charge on any atom is 0.338 e. The number of aliphatic hydroxyl groups excluding tert-OH is 1. The minimum atomic E-state index is -4.20. The van der Waals surface area contributed by atoms with Gasteiger partial charge in [-0.25, -0.2) is 21.6 Å². The SMILES string of the molecule is CCCCCCCCOC(=O)c1cccc(S(=O)(=O)Nc2cccc(S(=O)(=O)Nc3ccc(NNC(=O)CC(=O)NCCCO)cc3)c2)c1. The van der Waals surface area contributed by atoms with Crippen LogP contribution in [0.1, 0.15) is 68.6 Å². The Labute approximate surface area is 287 Å². The maximum atomic E-state index is 13.2. The van der Waals surface area contributed by atoms with Crippen LogP contribution in [0, 0.1) is 0 Å². The average Bonchev–Trinajstić information content (AvgIpc) is 3.07. The highest BCUT2D eigenvalue weighted by Crippen LogP contribution is 2.23.